The molecule has 0 fully saturated rings. The van der Waals surface area contributed by atoms with Crippen LogP contribution in [0.15, 0.2) is 47.5 Å². The highest BCUT2D eigenvalue weighted by Gasteiger charge is 2.20. The average molecular weight is 446 g/mol. The van der Waals surface area contributed by atoms with Crippen LogP contribution in [0.3, 0.4) is 0 Å². The van der Waals surface area contributed by atoms with Crippen LogP contribution >= 0.6 is 23.1 Å². The summed E-state index contributed by atoms with van der Waals surface area (Å²) in [6.07, 6.45) is 1.42. The number of allylic oxidation sites excluding steroid dienone is 1. The summed E-state index contributed by atoms with van der Waals surface area (Å²) >= 11 is 2.70. The van der Waals surface area contributed by atoms with Gasteiger partial charge in [0.25, 0.3) is 0 Å². The second-order valence-electron chi connectivity index (χ2n) is 6.31. The Labute approximate surface area is 183 Å². The second kappa shape index (κ2) is 10.3. The number of anilines is 1. The molecule has 1 amide bonds. The minimum absolute atomic E-state index is 0.147. The molecule has 1 unspecified atom stereocenters. The average Bonchev–Trinajstić information content (AvgIpc) is 3.33. The Bertz CT molecular complexity index is 1000. The summed E-state index contributed by atoms with van der Waals surface area (Å²) in [5, 5.41) is 14.4. The molecule has 0 bridgehead atoms. The number of thioether (sulfide) groups is 1. The molecular formula is C20H23N5O3S2. The molecule has 0 aliphatic heterocycles. The van der Waals surface area contributed by atoms with Gasteiger partial charge in [-0.3, -0.25) is 9.36 Å². The molecule has 2 aromatic heterocycles. The van der Waals surface area contributed by atoms with Gasteiger partial charge in [-0.15, -0.1) is 28.1 Å². The van der Waals surface area contributed by atoms with Gasteiger partial charge in [0, 0.05) is 11.9 Å². The summed E-state index contributed by atoms with van der Waals surface area (Å²) in [6, 6.07) is 7.34. The predicted octanol–water partition coefficient (Wildman–Crippen LogP) is 4.11. The van der Waals surface area contributed by atoms with E-state index in [2.05, 4.69) is 27.1 Å². The lowest BCUT2D eigenvalue weighted by Crippen LogP contribution is -2.15. The van der Waals surface area contributed by atoms with Crippen molar-refractivity contribution >= 4 is 34.1 Å². The van der Waals surface area contributed by atoms with Crippen molar-refractivity contribution in [2.75, 3.05) is 18.2 Å². The quantitative estimate of drug-likeness (QED) is 0.371. The first kappa shape index (κ1) is 21.8. The first-order chi connectivity index (χ1) is 14.5. The zero-order valence-corrected chi connectivity index (χ0v) is 18.6. The summed E-state index contributed by atoms with van der Waals surface area (Å²) in [6.45, 7) is 8.10. The van der Waals surface area contributed by atoms with E-state index in [-0.39, 0.29) is 17.8 Å². The molecule has 1 aromatic carbocycles. The Morgan fingerprint density at radius 3 is 2.70 bits per heavy atom. The van der Waals surface area contributed by atoms with E-state index in [0.29, 0.717) is 28.4 Å². The zero-order chi connectivity index (χ0) is 21.5. The highest BCUT2D eigenvalue weighted by Crippen LogP contribution is 2.26. The number of ether oxygens (including phenoxy) is 2. The smallest absolute Gasteiger partial charge is 0.236 e. The van der Waals surface area contributed by atoms with Crippen molar-refractivity contribution in [1.29, 1.82) is 0 Å². The molecule has 3 rings (SSSR count). The number of rotatable bonds is 10. The van der Waals surface area contributed by atoms with E-state index >= 15 is 0 Å². The van der Waals surface area contributed by atoms with Crippen LogP contribution in [0.4, 0.5) is 5.13 Å². The first-order valence-electron chi connectivity index (χ1n) is 9.19. The highest BCUT2D eigenvalue weighted by atomic mass is 32.2. The Morgan fingerprint density at radius 2 is 2.07 bits per heavy atom. The lowest BCUT2D eigenvalue weighted by Gasteiger charge is -2.16. The van der Waals surface area contributed by atoms with Crippen LogP contribution in [0, 0.1) is 6.92 Å². The summed E-state index contributed by atoms with van der Waals surface area (Å²) in [5.41, 5.74) is 0.879. The van der Waals surface area contributed by atoms with Gasteiger partial charge < -0.3 is 14.8 Å². The topological polar surface area (TPSA) is 91.2 Å². The van der Waals surface area contributed by atoms with Crippen LogP contribution in [-0.2, 0) is 11.3 Å². The molecule has 0 saturated heterocycles. The van der Waals surface area contributed by atoms with E-state index in [4.69, 9.17) is 9.47 Å². The summed E-state index contributed by atoms with van der Waals surface area (Å²) in [4.78, 5) is 16.5. The van der Waals surface area contributed by atoms with Gasteiger partial charge in [-0.1, -0.05) is 17.8 Å². The number of aryl methyl sites for hydroxylation is 1. The lowest BCUT2D eigenvalue weighted by atomic mass is 10.3. The van der Waals surface area contributed by atoms with Crippen LogP contribution in [0.5, 0.6) is 11.5 Å². The Hall–Kier alpha value is -2.85. The number of amides is 1. The van der Waals surface area contributed by atoms with Crippen LogP contribution in [-0.4, -0.2) is 38.5 Å². The monoisotopic (exact) mass is 445 g/mol. The molecule has 30 heavy (non-hydrogen) atoms. The number of thiazole rings is 1. The fourth-order valence-corrected chi connectivity index (χ4v) is 4.08. The molecule has 1 atom stereocenters. The van der Waals surface area contributed by atoms with E-state index in [9.17, 15) is 4.79 Å². The molecule has 1 N–H and O–H groups in total. The first-order valence-corrected chi connectivity index (χ1v) is 11.1. The molecule has 10 heteroatoms. The molecule has 2 heterocycles. The number of carbonyl (C=O) groups excluding carboxylic acids is 1. The van der Waals surface area contributed by atoms with Crippen LogP contribution in [0.2, 0.25) is 0 Å². The van der Waals surface area contributed by atoms with Crippen molar-refractivity contribution in [3.63, 3.8) is 0 Å². The molecule has 158 valence electrons. The zero-order valence-electron chi connectivity index (χ0n) is 17.0. The standard InChI is InChI=1S/C20H23N5O3S2/c1-5-10-25-18(14(3)28-16-8-6-15(27-4)7-9-16)23-24-20(25)30-12-17(26)22-19-21-13(2)11-29-19/h5-9,11,14H,1,10,12H2,2-4H3,(H,21,22,26). The fourth-order valence-electron chi connectivity index (χ4n) is 2.62. The van der Waals surface area contributed by atoms with Crippen LogP contribution < -0.4 is 14.8 Å². The van der Waals surface area contributed by atoms with Gasteiger partial charge >= 0.3 is 0 Å². The van der Waals surface area contributed by atoms with Gasteiger partial charge in [0.15, 0.2) is 22.2 Å². The van der Waals surface area contributed by atoms with E-state index in [0.717, 1.165) is 11.4 Å². The molecule has 8 nitrogen and oxygen atoms in total. The third kappa shape index (κ3) is 5.61. The van der Waals surface area contributed by atoms with Crippen LogP contribution in [0.25, 0.3) is 0 Å². The lowest BCUT2D eigenvalue weighted by molar-refractivity contribution is -0.113. The summed E-state index contributed by atoms with van der Waals surface area (Å²) in [7, 11) is 1.62. The number of hydrogen-bond donors (Lipinski definition) is 1. The van der Waals surface area contributed by atoms with E-state index in [1.165, 1.54) is 23.1 Å². The number of aromatic nitrogens is 4. The number of methoxy groups -OCH3 is 1. The molecule has 0 radical (unpaired) electrons. The minimum atomic E-state index is -0.340. The van der Waals surface area contributed by atoms with Gasteiger partial charge in [-0.05, 0) is 38.1 Å². The molecule has 0 aliphatic carbocycles. The molecule has 0 aliphatic rings. The molecule has 0 spiro atoms. The van der Waals surface area contributed by atoms with Gasteiger partial charge in [-0.25, -0.2) is 4.98 Å². The van der Waals surface area contributed by atoms with Gasteiger partial charge in [0.05, 0.1) is 18.6 Å². The van der Waals surface area contributed by atoms with Gasteiger partial charge in [0.2, 0.25) is 5.91 Å². The Kier molecular flexibility index (Phi) is 7.47. The van der Waals surface area contributed by atoms with Crippen molar-refractivity contribution in [2.24, 2.45) is 0 Å². The maximum Gasteiger partial charge on any atom is 0.236 e. The maximum atomic E-state index is 12.2. The summed E-state index contributed by atoms with van der Waals surface area (Å²) in [5.74, 6) is 2.16. The SMILES string of the molecule is C=CCn1c(SCC(=O)Nc2nc(C)cs2)nnc1C(C)Oc1ccc(OC)cc1. The molecule has 0 saturated carbocycles. The predicted molar refractivity (Wildman–Crippen MR) is 118 cm³/mol. The van der Waals surface area contributed by atoms with Crippen LogP contribution in [0.1, 0.15) is 24.5 Å². The van der Waals surface area contributed by atoms with E-state index in [1.54, 1.807) is 13.2 Å². The number of hydrogen-bond acceptors (Lipinski definition) is 8. The van der Waals surface area contributed by atoms with E-state index < -0.39 is 0 Å². The number of benzene rings is 1. The molecule has 3 aromatic rings. The van der Waals surface area contributed by atoms with Crippen molar-refractivity contribution in [2.45, 2.75) is 31.7 Å². The minimum Gasteiger partial charge on any atom is -0.497 e. The van der Waals surface area contributed by atoms with Crippen molar-refractivity contribution in [3.8, 4) is 11.5 Å². The van der Waals surface area contributed by atoms with Gasteiger partial charge in [0.1, 0.15) is 11.5 Å². The number of nitrogens with one attached hydrogen (secondary N) is 1. The Morgan fingerprint density at radius 1 is 1.33 bits per heavy atom. The second-order valence-corrected chi connectivity index (χ2v) is 8.11. The fraction of sp³-hybridized carbons (Fsp3) is 0.300. The number of carbonyl (C=O) groups is 1. The Balaban J connectivity index is 1.65. The molecular weight excluding hydrogens is 422 g/mol. The third-order valence-corrected chi connectivity index (χ3v) is 5.83. The highest BCUT2D eigenvalue weighted by molar-refractivity contribution is 7.99. The third-order valence-electron chi connectivity index (χ3n) is 3.99. The van der Waals surface area contributed by atoms with Crippen molar-refractivity contribution in [1.82, 2.24) is 19.7 Å². The van der Waals surface area contributed by atoms with Crippen molar-refractivity contribution < 1.29 is 14.3 Å². The van der Waals surface area contributed by atoms with Crippen molar-refractivity contribution in [3.05, 3.63) is 53.8 Å². The maximum absolute atomic E-state index is 12.2. The van der Waals surface area contributed by atoms with E-state index in [1.807, 2.05) is 48.1 Å². The largest absolute Gasteiger partial charge is 0.497 e. The normalized spacial score (nSPS) is 11.7. The van der Waals surface area contributed by atoms with Gasteiger partial charge in [-0.2, -0.15) is 0 Å². The number of nitrogens with zero attached hydrogens (tertiary/aromatic N) is 4. The summed E-state index contributed by atoms with van der Waals surface area (Å²) < 4.78 is 13.1.